The van der Waals surface area contributed by atoms with Crippen molar-refractivity contribution in [1.82, 2.24) is 9.88 Å². The van der Waals surface area contributed by atoms with Crippen molar-refractivity contribution in [2.24, 2.45) is 0 Å². The zero-order chi connectivity index (χ0) is 11.2. The van der Waals surface area contributed by atoms with E-state index in [1.807, 2.05) is 12.4 Å². The largest absolute Gasteiger partial charge is 0.296 e. The molecule has 0 spiro atoms. The van der Waals surface area contributed by atoms with E-state index in [4.69, 9.17) is 0 Å². The number of hydrogen-bond donors (Lipinski definition) is 0. The zero-order valence-corrected chi connectivity index (χ0v) is 10.2. The van der Waals surface area contributed by atoms with Gasteiger partial charge in [-0.1, -0.05) is 19.8 Å². The van der Waals surface area contributed by atoms with Crippen molar-refractivity contribution >= 4 is 0 Å². The van der Waals surface area contributed by atoms with E-state index in [9.17, 15) is 0 Å². The highest BCUT2D eigenvalue weighted by molar-refractivity contribution is 5.15. The van der Waals surface area contributed by atoms with Gasteiger partial charge in [-0.3, -0.25) is 9.88 Å². The number of aromatic nitrogens is 1. The zero-order valence-electron chi connectivity index (χ0n) is 10.2. The van der Waals surface area contributed by atoms with Crippen LogP contribution in [0, 0.1) is 0 Å². The second kappa shape index (κ2) is 6.00. The number of piperidine rings is 1. The molecule has 0 bridgehead atoms. The predicted molar refractivity (Wildman–Crippen MR) is 67.3 cm³/mol. The molecule has 2 nitrogen and oxygen atoms in total. The van der Waals surface area contributed by atoms with Gasteiger partial charge < -0.3 is 0 Å². The molecule has 1 aliphatic heterocycles. The number of rotatable bonds is 4. The standard InChI is InChI=1S/C14H22N2/c1-2-3-11-16-12-5-4-6-14(16)13-7-9-15-10-8-13/h7-10,14H,2-6,11-12H2,1H3/t14-/m0/s1. The summed E-state index contributed by atoms with van der Waals surface area (Å²) in [7, 11) is 0. The van der Waals surface area contributed by atoms with Crippen LogP contribution in [0.3, 0.4) is 0 Å². The number of nitrogens with zero attached hydrogens (tertiary/aromatic N) is 2. The number of unbranched alkanes of at least 4 members (excludes halogenated alkanes) is 1. The molecule has 0 aliphatic carbocycles. The van der Waals surface area contributed by atoms with Crippen LogP contribution in [0.5, 0.6) is 0 Å². The van der Waals surface area contributed by atoms with Gasteiger partial charge in [-0.25, -0.2) is 0 Å². The third kappa shape index (κ3) is 2.82. The molecule has 2 rings (SSSR count). The molecule has 88 valence electrons. The maximum atomic E-state index is 4.11. The fourth-order valence-corrected chi connectivity index (χ4v) is 2.58. The van der Waals surface area contributed by atoms with Gasteiger partial charge in [0.2, 0.25) is 0 Å². The van der Waals surface area contributed by atoms with Crippen molar-refractivity contribution in [3.05, 3.63) is 30.1 Å². The van der Waals surface area contributed by atoms with Gasteiger partial charge in [0.15, 0.2) is 0 Å². The van der Waals surface area contributed by atoms with E-state index in [0.29, 0.717) is 6.04 Å². The molecular formula is C14H22N2. The first-order valence-corrected chi connectivity index (χ1v) is 6.56. The third-order valence-electron chi connectivity index (χ3n) is 3.50. The first-order chi connectivity index (χ1) is 7.92. The van der Waals surface area contributed by atoms with E-state index in [1.165, 1.54) is 50.8 Å². The molecule has 0 radical (unpaired) electrons. The van der Waals surface area contributed by atoms with Crippen LogP contribution in [-0.2, 0) is 0 Å². The minimum Gasteiger partial charge on any atom is -0.296 e. The smallest absolute Gasteiger partial charge is 0.0349 e. The van der Waals surface area contributed by atoms with Gasteiger partial charge in [-0.2, -0.15) is 0 Å². The number of pyridine rings is 1. The Bertz CT molecular complexity index is 297. The van der Waals surface area contributed by atoms with Gasteiger partial charge in [-0.05, 0) is 50.0 Å². The lowest BCUT2D eigenvalue weighted by Gasteiger charge is -2.36. The topological polar surface area (TPSA) is 16.1 Å². The normalized spacial score (nSPS) is 22.2. The lowest BCUT2D eigenvalue weighted by Crippen LogP contribution is -2.34. The van der Waals surface area contributed by atoms with E-state index in [-0.39, 0.29) is 0 Å². The Kier molecular flexibility index (Phi) is 4.34. The Morgan fingerprint density at radius 2 is 2.12 bits per heavy atom. The summed E-state index contributed by atoms with van der Waals surface area (Å²) >= 11 is 0. The first kappa shape index (κ1) is 11.6. The van der Waals surface area contributed by atoms with Crippen LogP contribution in [0.15, 0.2) is 24.5 Å². The summed E-state index contributed by atoms with van der Waals surface area (Å²) in [5.41, 5.74) is 1.45. The molecule has 2 heterocycles. The van der Waals surface area contributed by atoms with E-state index < -0.39 is 0 Å². The second-order valence-corrected chi connectivity index (χ2v) is 4.68. The van der Waals surface area contributed by atoms with Crippen molar-refractivity contribution in [1.29, 1.82) is 0 Å². The SMILES string of the molecule is CCCCN1CCCC[C@H]1c1ccncc1. The molecule has 1 saturated heterocycles. The summed E-state index contributed by atoms with van der Waals surface area (Å²) in [5.74, 6) is 0. The molecule has 0 saturated carbocycles. The van der Waals surface area contributed by atoms with Gasteiger partial charge in [-0.15, -0.1) is 0 Å². The van der Waals surface area contributed by atoms with Gasteiger partial charge in [0.25, 0.3) is 0 Å². The van der Waals surface area contributed by atoms with Crippen LogP contribution >= 0.6 is 0 Å². The summed E-state index contributed by atoms with van der Waals surface area (Å²) in [6.45, 7) is 4.79. The van der Waals surface area contributed by atoms with Crippen LogP contribution in [0.1, 0.15) is 50.6 Å². The highest BCUT2D eigenvalue weighted by Gasteiger charge is 2.22. The second-order valence-electron chi connectivity index (χ2n) is 4.68. The minimum atomic E-state index is 0.642. The van der Waals surface area contributed by atoms with Crippen LogP contribution in [0.4, 0.5) is 0 Å². The minimum absolute atomic E-state index is 0.642. The molecule has 16 heavy (non-hydrogen) atoms. The van der Waals surface area contributed by atoms with Gasteiger partial charge in [0.1, 0.15) is 0 Å². The average molecular weight is 218 g/mol. The Balaban J connectivity index is 2.04. The molecule has 2 heteroatoms. The number of likely N-dealkylation sites (tertiary alicyclic amines) is 1. The highest BCUT2D eigenvalue weighted by atomic mass is 15.2. The van der Waals surface area contributed by atoms with Crippen molar-refractivity contribution < 1.29 is 0 Å². The summed E-state index contributed by atoms with van der Waals surface area (Å²) in [6, 6.07) is 4.99. The molecule has 0 unspecified atom stereocenters. The third-order valence-corrected chi connectivity index (χ3v) is 3.50. The fourth-order valence-electron chi connectivity index (χ4n) is 2.58. The summed E-state index contributed by atoms with van der Waals surface area (Å²) in [6.07, 6.45) is 10.5. The average Bonchev–Trinajstić information content (AvgIpc) is 2.38. The van der Waals surface area contributed by atoms with E-state index in [2.05, 4.69) is 28.9 Å². The van der Waals surface area contributed by atoms with Crippen molar-refractivity contribution in [2.45, 2.75) is 45.1 Å². The van der Waals surface area contributed by atoms with E-state index in [0.717, 1.165) is 0 Å². The van der Waals surface area contributed by atoms with Crippen molar-refractivity contribution in [3.63, 3.8) is 0 Å². The summed E-state index contributed by atoms with van der Waals surface area (Å²) < 4.78 is 0. The van der Waals surface area contributed by atoms with Crippen molar-refractivity contribution in [2.75, 3.05) is 13.1 Å². The Morgan fingerprint density at radius 1 is 1.31 bits per heavy atom. The van der Waals surface area contributed by atoms with Crippen LogP contribution in [0.25, 0.3) is 0 Å². The molecule has 1 aromatic heterocycles. The lowest BCUT2D eigenvalue weighted by atomic mass is 9.96. The summed E-state index contributed by atoms with van der Waals surface area (Å²) in [5, 5.41) is 0. The maximum Gasteiger partial charge on any atom is 0.0349 e. The first-order valence-electron chi connectivity index (χ1n) is 6.56. The van der Waals surface area contributed by atoms with E-state index >= 15 is 0 Å². The predicted octanol–water partition coefficient (Wildman–Crippen LogP) is 3.41. The van der Waals surface area contributed by atoms with Crippen LogP contribution in [-0.4, -0.2) is 23.0 Å². The Hall–Kier alpha value is -0.890. The molecule has 0 amide bonds. The fraction of sp³-hybridized carbons (Fsp3) is 0.643. The monoisotopic (exact) mass is 218 g/mol. The Labute approximate surface area is 98.7 Å². The Morgan fingerprint density at radius 3 is 2.88 bits per heavy atom. The molecule has 0 aromatic carbocycles. The van der Waals surface area contributed by atoms with Gasteiger partial charge >= 0.3 is 0 Å². The maximum absolute atomic E-state index is 4.11. The molecule has 1 fully saturated rings. The van der Waals surface area contributed by atoms with E-state index in [1.54, 1.807) is 0 Å². The molecule has 0 N–H and O–H groups in total. The molecule has 1 aliphatic rings. The van der Waals surface area contributed by atoms with Gasteiger partial charge in [0, 0.05) is 18.4 Å². The summed E-state index contributed by atoms with van der Waals surface area (Å²) in [4.78, 5) is 6.76. The quantitative estimate of drug-likeness (QED) is 0.770. The van der Waals surface area contributed by atoms with Crippen LogP contribution in [0.2, 0.25) is 0 Å². The molecule has 1 aromatic rings. The van der Waals surface area contributed by atoms with Gasteiger partial charge in [0.05, 0.1) is 0 Å². The van der Waals surface area contributed by atoms with Crippen LogP contribution < -0.4 is 0 Å². The highest BCUT2D eigenvalue weighted by Crippen LogP contribution is 2.30. The van der Waals surface area contributed by atoms with Crippen molar-refractivity contribution in [3.8, 4) is 0 Å². The lowest BCUT2D eigenvalue weighted by molar-refractivity contribution is 0.146. The number of hydrogen-bond acceptors (Lipinski definition) is 2. The molecule has 1 atom stereocenters. The molecular weight excluding hydrogens is 196 g/mol.